The van der Waals surface area contributed by atoms with E-state index in [2.05, 4.69) is 31.9 Å². The van der Waals surface area contributed by atoms with Crippen molar-refractivity contribution in [2.45, 2.75) is 44.5 Å². The molecule has 0 atom stereocenters. The van der Waals surface area contributed by atoms with Crippen LogP contribution in [0.5, 0.6) is 5.75 Å². The van der Waals surface area contributed by atoms with Gasteiger partial charge in [0.2, 0.25) is 0 Å². The first kappa shape index (κ1) is 21.1. The molecule has 1 saturated heterocycles. The molecule has 1 heterocycles. The molecule has 7 heteroatoms. The van der Waals surface area contributed by atoms with Crippen LogP contribution < -0.4 is 4.74 Å². The fraction of sp³-hybridized carbons (Fsp3) is 0.304. The standard InChI is InChI=1S/C23H20Br2O5/c24-17-7-4-15(5-8-17)14-28-20-9-6-16(13-19(20)25)12-18-21(26)29-23(30-22(18)27)10-2-1-3-11-23/h4-9,12-13H,1-3,10-11,14H2. The van der Waals surface area contributed by atoms with Gasteiger partial charge in [-0.25, -0.2) is 9.59 Å². The Balaban J connectivity index is 1.46. The molecule has 1 spiro atoms. The lowest BCUT2D eigenvalue weighted by Crippen LogP contribution is -2.47. The average molecular weight is 536 g/mol. The highest BCUT2D eigenvalue weighted by molar-refractivity contribution is 9.10. The highest BCUT2D eigenvalue weighted by Gasteiger charge is 2.46. The molecule has 0 N–H and O–H groups in total. The number of carbonyl (C=O) groups is 2. The summed E-state index contributed by atoms with van der Waals surface area (Å²) < 4.78 is 18.6. The zero-order valence-electron chi connectivity index (χ0n) is 16.2. The summed E-state index contributed by atoms with van der Waals surface area (Å²) in [5, 5.41) is 0. The van der Waals surface area contributed by atoms with Crippen molar-refractivity contribution in [1.82, 2.24) is 0 Å². The third kappa shape index (κ3) is 4.78. The Morgan fingerprint density at radius 1 is 0.933 bits per heavy atom. The molecule has 1 aliphatic heterocycles. The molecule has 30 heavy (non-hydrogen) atoms. The van der Waals surface area contributed by atoms with E-state index in [4.69, 9.17) is 14.2 Å². The van der Waals surface area contributed by atoms with Gasteiger partial charge in [0, 0.05) is 17.3 Å². The van der Waals surface area contributed by atoms with Crippen molar-refractivity contribution in [2.24, 2.45) is 0 Å². The number of carbonyl (C=O) groups excluding carboxylic acids is 2. The van der Waals surface area contributed by atoms with E-state index in [9.17, 15) is 9.59 Å². The second-order valence-electron chi connectivity index (χ2n) is 7.41. The Morgan fingerprint density at radius 3 is 2.23 bits per heavy atom. The highest BCUT2D eigenvalue weighted by atomic mass is 79.9. The summed E-state index contributed by atoms with van der Waals surface area (Å²) in [6.45, 7) is 0.424. The smallest absolute Gasteiger partial charge is 0.348 e. The SMILES string of the molecule is O=C1OC2(CCCCC2)OC(=O)C1=Cc1ccc(OCc2ccc(Br)cc2)c(Br)c1. The van der Waals surface area contributed by atoms with Gasteiger partial charge in [-0.3, -0.25) is 0 Å². The maximum Gasteiger partial charge on any atom is 0.348 e. The Kier molecular flexibility index (Phi) is 6.29. The maximum atomic E-state index is 12.5. The molecule has 2 aromatic carbocycles. The summed E-state index contributed by atoms with van der Waals surface area (Å²) >= 11 is 6.90. The van der Waals surface area contributed by atoms with Crippen LogP contribution in [-0.4, -0.2) is 17.7 Å². The van der Waals surface area contributed by atoms with Gasteiger partial charge in [0.1, 0.15) is 17.9 Å². The average Bonchev–Trinajstić information content (AvgIpc) is 2.72. The number of benzene rings is 2. The lowest BCUT2D eigenvalue weighted by atomic mass is 9.93. The van der Waals surface area contributed by atoms with Gasteiger partial charge in [0.05, 0.1) is 4.47 Å². The van der Waals surface area contributed by atoms with Crippen LogP contribution in [0.15, 0.2) is 57.0 Å². The summed E-state index contributed by atoms with van der Waals surface area (Å²) in [6.07, 6.45) is 5.44. The van der Waals surface area contributed by atoms with Gasteiger partial charge in [0.25, 0.3) is 5.79 Å². The van der Waals surface area contributed by atoms with E-state index in [0.717, 1.165) is 33.8 Å². The quantitative estimate of drug-likeness (QED) is 0.275. The molecule has 0 bridgehead atoms. The predicted octanol–water partition coefficient (Wildman–Crippen LogP) is 5.93. The minimum atomic E-state index is -1.07. The zero-order valence-corrected chi connectivity index (χ0v) is 19.3. The van der Waals surface area contributed by atoms with Gasteiger partial charge in [-0.15, -0.1) is 0 Å². The second-order valence-corrected chi connectivity index (χ2v) is 9.18. The fourth-order valence-electron chi connectivity index (χ4n) is 3.60. The summed E-state index contributed by atoms with van der Waals surface area (Å²) in [7, 11) is 0. The Labute approximate surface area is 191 Å². The van der Waals surface area contributed by atoms with Crippen LogP contribution in [0, 0.1) is 0 Å². The molecule has 1 saturated carbocycles. The van der Waals surface area contributed by atoms with Gasteiger partial charge >= 0.3 is 11.9 Å². The van der Waals surface area contributed by atoms with Crippen molar-refractivity contribution in [1.29, 1.82) is 0 Å². The monoisotopic (exact) mass is 534 g/mol. The first-order chi connectivity index (χ1) is 14.4. The van der Waals surface area contributed by atoms with Crippen LogP contribution in [0.25, 0.3) is 6.08 Å². The third-order valence-corrected chi connectivity index (χ3v) is 6.34. The molecule has 156 valence electrons. The lowest BCUT2D eigenvalue weighted by molar-refractivity contribution is -0.244. The molecule has 2 aliphatic rings. The number of halogens is 2. The van der Waals surface area contributed by atoms with E-state index >= 15 is 0 Å². The highest BCUT2D eigenvalue weighted by Crippen LogP contribution is 2.37. The van der Waals surface area contributed by atoms with Crippen molar-refractivity contribution in [3.8, 4) is 5.75 Å². The fourth-order valence-corrected chi connectivity index (χ4v) is 4.37. The molecule has 0 unspecified atom stereocenters. The minimum Gasteiger partial charge on any atom is -0.488 e. The Bertz CT molecular complexity index is 969. The summed E-state index contributed by atoms with van der Waals surface area (Å²) in [6, 6.07) is 13.2. The van der Waals surface area contributed by atoms with Crippen molar-refractivity contribution in [3.63, 3.8) is 0 Å². The lowest BCUT2D eigenvalue weighted by Gasteiger charge is -2.38. The van der Waals surface area contributed by atoms with Crippen LogP contribution >= 0.6 is 31.9 Å². The minimum absolute atomic E-state index is 0.0957. The molecule has 0 amide bonds. The van der Waals surface area contributed by atoms with E-state index in [0.29, 0.717) is 30.8 Å². The summed E-state index contributed by atoms with van der Waals surface area (Å²) in [5.74, 6) is -1.66. The second kappa shape index (κ2) is 8.94. The van der Waals surface area contributed by atoms with Crippen molar-refractivity contribution in [3.05, 3.63) is 68.1 Å². The van der Waals surface area contributed by atoms with Crippen LogP contribution in [0.1, 0.15) is 43.2 Å². The van der Waals surface area contributed by atoms with E-state index in [-0.39, 0.29) is 5.57 Å². The molecular formula is C23H20Br2O5. The van der Waals surface area contributed by atoms with Crippen molar-refractivity contribution in [2.75, 3.05) is 0 Å². The molecule has 0 aromatic heterocycles. The van der Waals surface area contributed by atoms with Gasteiger partial charge in [-0.2, -0.15) is 0 Å². The van der Waals surface area contributed by atoms with E-state index in [1.54, 1.807) is 18.2 Å². The molecule has 2 aromatic rings. The van der Waals surface area contributed by atoms with E-state index in [1.165, 1.54) is 6.08 Å². The van der Waals surface area contributed by atoms with Crippen LogP contribution in [-0.2, 0) is 25.7 Å². The largest absolute Gasteiger partial charge is 0.488 e. The third-order valence-electron chi connectivity index (χ3n) is 5.19. The van der Waals surface area contributed by atoms with Gasteiger partial charge in [-0.05, 0) is 70.2 Å². The predicted molar refractivity (Wildman–Crippen MR) is 119 cm³/mol. The van der Waals surface area contributed by atoms with Crippen LogP contribution in [0.2, 0.25) is 0 Å². The molecule has 5 nitrogen and oxygen atoms in total. The number of ether oxygens (including phenoxy) is 3. The molecule has 2 fully saturated rings. The van der Waals surface area contributed by atoms with Gasteiger partial charge in [0.15, 0.2) is 0 Å². The normalized spacial score (nSPS) is 18.0. The first-order valence-electron chi connectivity index (χ1n) is 9.79. The number of rotatable bonds is 4. The van der Waals surface area contributed by atoms with Crippen LogP contribution in [0.3, 0.4) is 0 Å². The van der Waals surface area contributed by atoms with Gasteiger partial charge < -0.3 is 14.2 Å². The Hall–Kier alpha value is -2.12. The number of hydrogen-bond acceptors (Lipinski definition) is 5. The van der Waals surface area contributed by atoms with Crippen molar-refractivity contribution < 1.29 is 23.8 Å². The number of esters is 2. The van der Waals surface area contributed by atoms with Crippen LogP contribution in [0.4, 0.5) is 0 Å². The molecule has 0 radical (unpaired) electrons. The van der Waals surface area contributed by atoms with Crippen molar-refractivity contribution >= 4 is 49.9 Å². The first-order valence-corrected chi connectivity index (χ1v) is 11.4. The Morgan fingerprint density at radius 2 is 1.60 bits per heavy atom. The molecule has 4 rings (SSSR count). The van der Waals surface area contributed by atoms with Gasteiger partial charge in [-0.1, -0.05) is 40.5 Å². The molecular weight excluding hydrogens is 516 g/mol. The zero-order chi connectivity index (χ0) is 21.1. The summed E-state index contributed by atoms with van der Waals surface area (Å²) in [5.41, 5.74) is 1.61. The topological polar surface area (TPSA) is 61.8 Å². The van der Waals surface area contributed by atoms with E-state index < -0.39 is 17.7 Å². The number of hydrogen-bond donors (Lipinski definition) is 0. The summed E-state index contributed by atoms with van der Waals surface area (Å²) in [4.78, 5) is 25.0. The molecule has 1 aliphatic carbocycles. The van der Waals surface area contributed by atoms with E-state index in [1.807, 2.05) is 24.3 Å². The maximum absolute atomic E-state index is 12.5.